The minimum atomic E-state index is -0.594. The zero-order chi connectivity index (χ0) is 21.8. The van der Waals surface area contributed by atoms with Gasteiger partial charge in [-0.15, -0.1) is 0 Å². The molecule has 0 spiro atoms. The van der Waals surface area contributed by atoms with Gasteiger partial charge in [-0.1, -0.05) is 24.3 Å². The van der Waals surface area contributed by atoms with Crippen LogP contribution in [0.15, 0.2) is 58.1 Å². The number of aromatic nitrogens is 2. The average Bonchev–Trinajstić information content (AvgIpc) is 2.98. The maximum atomic E-state index is 13.8. The van der Waals surface area contributed by atoms with Gasteiger partial charge in [0.1, 0.15) is 11.5 Å². The number of hydrogen-bond acceptors (Lipinski definition) is 4. The van der Waals surface area contributed by atoms with Crippen LogP contribution in [-0.4, -0.2) is 27.3 Å². The van der Waals surface area contributed by atoms with Crippen LogP contribution in [0.3, 0.4) is 0 Å². The zero-order valence-corrected chi connectivity index (χ0v) is 18.1. The molecule has 3 rings (SSSR count). The molecule has 1 aromatic heterocycles. The van der Waals surface area contributed by atoms with E-state index >= 15 is 0 Å². The van der Waals surface area contributed by atoms with Crippen LogP contribution in [0.25, 0.3) is 0 Å². The molecule has 1 heterocycles. The molecular formula is C21H19BrFN5O2. The Labute approximate surface area is 181 Å². The molecule has 30 heavy (non-hydrogen) atoms. The fourth-order valence-electron chi connectivity index (χ4n) is 2.80. The Morgan fingerprint density at radius 1 is 1.13 bits per heavy atom. The van der Waals surface area contributed by atoms with Crippen LogP contribution < -0.4 is 10.7 Å². The minimum Gasteiger partial charge on any atom is -0.322 e. The lowest BCUT2D eigenvalue weighted by Gasteiger charge is -2.08. The minimum absolute atomic E-state index is 0.0439. The summed E-state index contributed by atoms with van der Waals surface area (Å²) in [6.45, 7) is 3.51. The molecule has 0 aliphatic rings. The summed E-state index contributed by atoms with van der Waals surface area (Å²) < 4.78 is 15.9. The predicted octanol–water partition coefficient (Wildman–Crippen LogP) is 4.04. The first-order chi connectivity index (χ1) is 14.3. The van der Waals surface area contributed by atoms with Gasteiger partial charge in [-0.05, 0) is 59.6 Å². The Morgan fingerprint density at radius 2 is 1.87 bits per heavy atom. The fraction of sp³-hybridized carbons (Fsp3) is 0.143. The molecule has 0 aliphatic heterocycles. The molecule has 0 fully saturated rings. The Kier molecular flexibility index (Phi) is 6.41. The number of amides is 2. The quantitative estimate of drug-likeness (QED) is 0.434. The van der Waals surface area contributed by atoms with Crippen LogP contribution in [-0.2, 0) is 7.05 Å². The number of carbonyl (C=O) groups excluding carboxylic acids is 2. The highest BCUT2D eigenvalue weighted by Crippen LogP contribution is 2.20. The van der Waals surface area contributed by atoms with Gasteiger partial charge in [-0.25, -0.2) is 9.82 Å². The van der Waals surface area contributed by atoms with E-state index in [4.69, 9.17) is 0 Å². The van der Waals surface area contributed by atoms with Gasteiger partial charge in [0.05, 0.1) is 21.4 Å². The van der Waals surface area contributed by atoms with Crippen LogP contribution in [0.4, 0.5) is 10.1 Å². The molecular weight excluding hydrogens is 453 g/mol. The average molecular weight is 472 g/mol. The summed E-state index contributed by atoms with van der Waals surface area (Å²) in [5, 5.41) is 11.0. The number of nitrogens with zero attached hydrogens (tertiary/aromatic N) is 3. The van der Waals surface area contributed by atoms with E-state index in [9.17, 15) is 14.0 Å². The van der Waals surface area contributed by atoms with Crippen molar-refractivity contribution in [1.29, 1.82) is 0 Å². The van der Waals surface area contributed by atoms with E-state index in [0.717, 1.165) is 0 Å². The van der Waals surface area contributed by atoms with Crippen molar-refractivity contribution in [1.82, 2.24) is 15.2 Å². The molecule has 3 aromatic rings. The highest BCUT2D eigenvalue weighted by atomic mass is 79.9. The van der Waals surface area contributed by atoms with Gasteiger partial charge >= 0.3 is 0 Å². The second kappa shape index (κ2) is 9.00. The van der Waals surface area contributed by atoms with Gasteiger partial charge in [-0.3, -0.25) is 14.3 Å². The van der Waals surface area contributed by atoms with Crippen LogP contribution in [0, 0.1) is 12.7 Å². The van der Waals surface area contributed by atoms with Crippen LogP contribution in [0.2, 0.25) is 0 Å². The molecule has 2 aromatic carbocycles. The van der Waals surface area contributed by atoms with Crippen molar-refractivity contribution in [3.05, 3.63) is 81.3 Å². The third kappa shape index (κ3) is 4.62. The molecule has 0 unspecified atom stereocenters. The first kappa shape index (κ1) is 21.4. The van der Waals surface area contributed by atoms with E-state index < -0.39 is 17.6 Å². The Bertz CT molecular complexity index is 1160. The Hall–Kier alpha value is -3.33. The van der Waals surface area contributed by atoms with Crippen LogP contribution >= 0.6 is 15.9 Å². The summed E-state index contributed by atoms with van der Waals surface area (Å²) in [7, 11) is 1.67. The Morgan fingerprint density at radius 3 is 2.53 bits per heavy atom. The molecule has 2 amide bonds. The van der Waals surface area contributed by atoms with E-state index in [-0.39, 0.29) is 5.56 Å². The van der Waals surface area contributed by atoms with E-state index in [1.54, 1.807) is 51.2 Å². The largest absolute Gasteiger partial charge is 0.322 e. The van der Waals surface area contributed by atoms with Crippen molar-refractivity contribution in [2.45, 2.75) is 13.8 Å². The number of rotatable bonds is 5. The SMILES string of the molecule is C/C(=N/NC(=O)c1c(Br)c(C)nn1C)c1cccc(NC(=O)c2ccccc2F)c1. The fourth-order valence-corrected chi connectivity index (χ4v) is 3.31. The van der Waals surface area contributed by atoms with Gasteiger partial charge in [-0.2, -0.15) is 10.2 Å². The van der Waals surface area contributed by atoms with Crippen molar-refractivity contribution < 1.29 is 14.0 Å². The number of benzene rings is 2. The molecule has 0 atom stereocenters. The number of carbonyl (C=O) groups is 2. The summed E-state index contributed by atoms with van der Waals surface area (Å²) >= 11 is 3.35. The molecule has 7 nitrogen and oxygen atoms in total. The topological polar surface area (TPSA) is 88.4 Å². The lowest BCUT2D eigenvalue weighted by Crippen LogP contribution is -2.22. The lowest BCUT2D eigenvalue weighted by atomic mass is 10.1. The van der Waals surface area contributed by atoms with Gasteiger partial charge < -0.3 is 5.32 Å². The highest BCUT2D eigenvalue weighted by molar-refractivity contribution is 9.10. The number of halogens is 2. The number of aryl methyl sites for hydroxylation is 2. The van der Waals surface area contributed by atoms with Gasteiger partial charge in [0.15, 0.2) is 0 Å². The normalized spacial score (nSPS) is 11.3. The molecule has 0 aliphatic carbocycles. The third-order valence-corrected chi connectivity index (χ3v) is 5.30. The van der Waals surface area contributed by atoms with E-state index in [1.165, 1.54) is 22.9 Å². The van der Waals surface area contributed by atoms with Gasteiger partial charge in [0.25, 0.3) is 11.8 Å². The van der Waals surface area contributed by atoms with Crippen molar-refractivity contribution in [2.24, 2.45) is 12.1 Å². The second-order valence-corrected chi connectivity index (χ2v) is 7.32. The maximum absolute atomic E-state index is 13.8. The van der Waals surface area contributed by atoms with E-state index in [0.29, 0.717) is 32.8 Å². The second-order valence-electron chi connectivity index (χ2n) is 6.52. The molecule has 0 saturated carbocycles. The molecule has 9 heteroatoms. The number of hydrazone groups is 1. The molecule has 0 saturated heterocycles. The lowest BCUT2D eigenvalue weighted by molar-refractivity contribution is 0.0943. The maximum Gasteiger partial charge on any atom is 0.290 e. The van der Waals surface area contributed by atoms with Crippen LogP contribution in [0.5, 0.6) is 0 Å². The van der Waals surface area contributed by atoms with Crippen molar-refractivity contribution in [3.8, 4) is 0 Å². The molecule has 0 radical (unpaired) electrons. The summed E-state index contributed by atoms with van der Waals surface area (Å²) in [6, 6.07) is 12.6. The van der Waals surface area contributed by atoms with Crippen molar-refractivity contribution >= 4 is 39.1 Å². The smallest absolute Gasteiger partial charge is 0.290 e. The molecule has 154 valence electrons. The standard InChI is InChI=1S/C21H19BrFN5O2/c1-12(25-26-21(30)19-18(22)13(2)27-28(19)3)14-7-6-8-15(11-14)24-20(29)16-9-4-5-10-17(16)23/h4-11H,1-3H3,(H,24,29)(H,26,30)/b25-12-. The van der Waals surface area contributed by atoms with E-state index in [2.05, 4.69) is 36.9 Å². The summed E-state index contributed by atoms with van der Waals surface area (Å²) in [5.41, 5.74) is 5.20. The first-order valence-electron chi connectivity index (χ1n) is 8.98. The third-order valence-electron chi connectivity index (χ3n) is 4.35. The van der Waals surface area contributed by atoms with Gasteiger partial charge in [0, 0.05) is 12.7 Å². The summed E-state index contributed by atoms with van der Waals surface area (Å²) in [4.78, 5) is 24.7. The Balaban J connectivity index is 1.74. The van der Waals surface area contributed by atoms with E-state index in [1.807, 2.05) is 0 Å². The van der Waals surface area contributed by atoms with Crippen molar-refractivity contribution in [2.75, 3.05) is 5.32 Å². The molecule has 0 bridgehead atoms. The molecule has 2 N–H and O–H groups in total. The van der Waals surface area contributed by atoms with Crippen LogP contribution in [0.1, 0.15) is 39.0 Å². The zero-order valence-electron chi connectivity index (χ0n) is 16.5. The first-order valence-corrected chi connectivity index (χ1v) is 9.77. The monoisotopic (exact) mass is 471 g/mol. The predicted molar refractivity (Wildman–Crippen MR) is 116 cm³/mol. The highest BCUT2D eigenvalue weighted by Gasteiger charge is 2.18. The van der Waals surface area contributed by atoms with Crippen molar-refractivity contribution in [3.63, 3.8) is 0 Å². The number of hydrogen-bond donors (Lipinski definition) is 2. The number of nitrogens with one attached hydrogen (secondary N) is 2. The van der Waals surface area contributed by atoms with Gasteiger partial charge in [0.2, 0.25) is 0 Å². The summed E-state index contributed by atoms with van der Waals surface area (Å²) in [5.74, 6) is -1.55. The summed E-state index contributed by atoms with van der Waals surface area (Å²) in [6.07, 6.45) is 0. The number of anilines is 1.